The SMILES string of the molecule is COc1c(C=O)cc2sccc2c1F. The van der Waals surface area contributed by atoms with Crippen LogP contribution in [0.25, 0.3) is 10.1 Å². The van der Waals surface area contributed by atoms with Gasteiger partial charge in [-0.1, -0.05) is 0 Å². The van der Waals surface area contributed by atoms with Crippen LogP contribution < -0.4 is 4.74 Å². The maximum Gasteiger partial charge on any atom is 0.174 e. The average Bonchev–Trinajstić information content (AvgIpc) is 2.65. The van der Waals surface area contributed by atoms with E-state index >= 15 is 0 Å². The van der Waals surface area contributed by atoms with Crippen LogP contribution in [0.4, 0.5) is 4.39 Å². The summed E-state index contributed by atoms with van der Waals surface area (Å²) < 4.78 is 19.3. The summed E-state index contributed by atoms with van der Waals surface area (Å²) in [6, 6.07) is 3.31. The van der Waals surface area contributed by atoms with Crippen molar-refractivity contribution in [2.45, 2.75) is 0 Å². The number of hydrogen-bond donors (Lipinski definition) is 0. The first-order chi connectivity index (χ1) is 6.77. The van der Waals surface area contributed by atoms with E-state index in [0.717, 1.165) is 4.70 Å². The first kappa shape index (κ1) is 9.15. The van der Waals surface area contributed by atoms with E-state index in [-0.39, 0.29) is 11.3 Å². The van der Waals surface area contributed by atoms with Crippen LogP contribution in [-0.2, 0) is 0 Å². The number of fused-ring (bicyclic) bond motifs is 1. The highest BCUT2D eigenvalue weighted by molar-refractivity contribution is 7.17. The van der Waals surface area contributed by atoms with Gasteiger partial charge in [0.25, 0.3) is 0 Å². The molecule has 0 saturated carbocycles. The zero-order valence-electron chi connectivity index (χ0n) is 7.41. The van der Waals surface area contributed by atoms with Gasteiger partial charge in [0, 0.05) is 10.1 Å². The van der Waals surface area contributed by atoms with Crippen molar-refractivity contribution in [1.82, 2.24) is 0 Å². The van der Waals surface area contributed by atoms with E-state index in [1.807, 2.05) is 0 Å². The van der Waals surface area contributed by atoms with Crippen molar-refractivity contribution in [3.63, 3.8) is 0 Å². The third kappa shape index (κ3) is 1.19. The monoisotopic (exact) mass is 210 g/mol. The first-order valence-electron chi connectivity index (χ1n) is 3.96. The molecule has 1 aromatic heterocycles. The van der Waals surface area contributed by atoms with E-state index in [0.29, 0.717) is 11.7 Å². The molecule has 72 valence electrons. The van der Waals surface area contributed by atoms with Crippen molar-refractivity contribution in [3.8, 4) is 5.75 Å². The Morgan fingerprint density at radius 3 is 3.00 bits per heavy atom. The van der Waals surface area contributed by atoms with Gasteiger partial charge in [-0.2, -0.15) is 0 Å². The lowest BCUT2D eigenvalue weighted by Gasteiger charge is -2.05. The van der Waals surface area contributed by atoms with Gasteiger partial charge in [0.1, 0.15) is 0 Å². The molecule has 4 heteroatoms. The van der Waals surface area contributed by atoms with Crippen molar-refractivity contribution in [2.75, 3.05) is 7.11 Å². The van der Waals surface area contributed by atoms with Gasteiger partial charge in [0.2, 0.25) is 0 Å². The number of aldehydes is 1. The van der Waals surface area contributed by atoms with E-state index in [1.54, 1.807) is 17.5 Å². The Balaban J connectivity index is 2.85. The minimum atomic E-state index is -0.464. The molecule has 0 spiro atoms. The number of rotatable bonds is 2. The Morgan fingerprint density at radius 2 is 2.36 bits per heavy atom. The number of carbonyl (C=O) groups excluding carboxylic acids is 1. The van der Waals surface area contributed by atoms with Gasteiger partial charge in [0.05, 0.1) is 12.7 Å². The van der Waals surface area contributed by atoms with Gasteiger partial charge in [-0.05, 0) is 17.5 Å². The minimum absolute atomic E-state index is 0.0194. The molecule has 0 unspecified atom stereocenters. The highest BCUT2D eigenvalue weighted by Gasteiger charge is 2.13. The van der Waals surface area contributed by atoms with Crippen molar-refractivity contribution in [2.24, 2.45) is 0 Å². The molecule has 14 heavy (non-hydrogen) atoms. The standard InChI is InChI=1S/C10H7FO2S/c1-13-10-6(5-12)4-8-7(9(10)11)2-3-14-8/h2-5H,1H3. The Bertz CT molecular complexity index is 490. The summed E-state index contributed by atoms with van der Waals surface area (Å²) in [4.78, 5) is 10.7. The number of halogens is 1. The van der Waals surface area contributed by atoms with Gasteiger partial charge in [-0.15, -0.1) is 11.3 Å². The molecule has 2 nitrogen and oxygen atoms in total. The second kappa shape index (κ2) is 3.38. The van der Waals surface area contributed by atoms with Crippen molar-refractivity contribution < 1.29 is 13.9 Å². The highest BCUT2D eigenvalue weighted by Crippen LogP contribution is 2.32. The number of hydrogen-bond acceptors (Lipinski definition) is 3. The normalized spacial score (nSPS) is 10.4. The fourth-order valence-corrected chi connectivity index (χ4v) is 2.20. The molecule has 0 atom stereocenters. The van der Waals surface area contributed by atoms with Gasteiger partial charge < -0.3 is 4.74 Å². The fraction of sp³-hybridized carbons (Fsp3) is 0.100. The first-order valence-corrected chi connectivity index (χ1v) is 4.84. The number of benzene rings is 1. The van der Waals surface area contributed by atoms with Gasteiger partial charge >= 0.3 is 0 Å². The second-order valence-corrected chi connectivity index (χ2v) is 3.71. The summed E-state index contributed by atoms with van der Waals surface area (Å²) in [5.74, 6) is -0.445. The average molecular weight is 210 g/mol. The lowest BCUT2D eigenvalue weighted by molar-refractivity contribution is 0.112. The number of methoxy groups -OCH3 is 1. The molecule has 0 saturated heterocycles. The van der Waals surface area contributed by atoms with Crippen LogP contribution in [0.15, 0.2) is 17.5 Å². The molecule has 1 heterocycles. The summed E-state index contributed by atoms with van der Waals surface area (Å²) >= 11 is 1.40. The molecule has 0 N–H and O–H groups in total. The Kier molecular flexibility index (Phi) is 2.21. The topological polar surface area (TPSA) is 26.3 Å². The van der Waals surface area contributed by atoms with E-state index in [4.69, 9.17) is 4.74 Å². The third-order valence-electron chi connectivity index (χ3n) is 2.01. The molecular formula is C10H7FO2S. The second-order valence-electron chi connectivity index (χ2n) is 2.76. The Hall–Kier alpha value is -1.42. The van der Waals surface area contributed by atoms with Crippen LogP contribution >= 0.6 is 11.3 Å². The zero-order chi connectivity index (χ0) is 10.1. The van der Waals surface area contributed by atoms with Crippen LogP contribution in [0.1, 0.15) is 10.4 Å². The molecule has 0 amide bonds. The van der Waals surface area contributed by atoms with Crippen LogP contribution in [0.2, 0.25) is 0 Å². The predicted octanol–water partition coefficient (Wildman–Crippen LogP) is 2.86. The lowest BCUT2D eigenvalue weighted by atomic mass is 10.1. The highest BCUT2D eigenvalue weighted by atomic mass is 32.1. The van der Waals surface area contributed by atoms with Crippen LogP contribution in [0.5, 0.6) is 5.75 Å². The molecule has 0 aliphatic heterocycles. The summed E-state index contributed by atoms with van der Waals surface area (Å²) in [5.41, 5.74) is 0.250. The summed E-state index contributed by atoms with van der Waals surface area (Å²) in [6.45, 7) is 0. The molecule has 0 bridgehead atoms. The summed E-state index contributed by atoms with van der Waals surface area (Å²) in [6.07, 6.45) is 0.598. The summed E-state index contributed by atoms with van der Waals surface area (Å²) in [5, 5.41) is 2.28. The van der Waals surface area contributed by atoms with E-state index in [1.165, 1.54) is 18.4 Å². The van der Waals surface area contributed by atoms with E-state index in [2.05, 4.69) is 0 Å². The largest absolute Gasteiger partial charge is 0.493 e. The molecule has 0 fully saturated rings. The van der Waals surface area contributed by atoms with Crippen molar-refractivity contribution in [3.05, 3.63) is 28.9 Å². The van der Waals surface area contributed by atoms with E-state index in [9.17, 15) is 9.18 Å². The predicted molar refractivity (Wildman–Crippen MR) is 53.7 cm³/mol. The minimum Gasteiger partial charge on any atom is -0.493 e. The van der Waals surface area contributed by atoms with Gasteiger partial charge in [0.15, 0.2) is 17.9 Å². The molecule has 0 aliphatic rings. The maximum atomic E-state index is 13.7. The van der Waals surface area contributed by atoms with Crippen LogP contribution in [-0.4, -0.2) is 13.4 Å². The third-order valence-corrected chi connectivity index (χ3v) is 2.87. The summed E-state index contributed by atoms with van der Waals surface area (Å²) in [7, 11) is 1.35. The van der Waals surface area contributed by atoms with Gasteiger partial charge in [-0.25, -0.2) is 4.39 Å². The molecular weight excluding hydrogens is 203 g/mol. The number of thiophene rings is 1. The zero-order valence-corrected chi connectivity index (χ0v) is 8.23. The molecule has 0 aliphatic carbocycles. The molecule has 2 rings (SSSR count). The van der Waals surface area contributed by atoms with E-state index < -0.39 is 5.82 Å². The number of carbonyl (C=O) groups is 1. The quantitative estimate of drug-likeness (QED) is 0.712. The van der Waals surface area contributed by atoms with Crippen molar-refractivity contribution in [1.29, 1.82) is 0 Å². The number of ether oxygens (including phenoxy) is 1. The van der Waals surface area contributed by atoms with Gasteiger partial charge in [-0.3, -0.25) is 4.79 Å². The maximum absolute atomic E-state index is 13.7. The van der Waals surface area contributed by atoms with Crippen LogP contribution in [0, 0.1) is 5.82 Å². The smallest absolute Gasteiger partial charge is 0.174 e. The van der Waals surface area contributed by atoms with Crippen molar-refractivity contribution >= 4 is 27.7 Å². The Labute approximate surface area is 83.9 Å². The van der Waals surface area contributed by atoms with Crippen LogP contribution in [0.3, 0.4) is 0 Å². The molecule has 0 radical (unpaired) electrons. The fourth-order valence-electron chi connectivity index (χ4n) is 1.36. The molecule has 1 aromatic carbocycles. The Morgan fingerprint density at radius 1 is 1.57 bits per heavy atom. The lowest BCUT2D eigenvalue weighted by Crippen LogP contribution is -1.94. The molecule has 2 aromatic rings.